The molecule has 0 spiro atoms. The van der Waals surface area contributed by atoms with Crippen LogP contribution in [0.2, 0.25) is 0 Å². The van der Waals surface area contributed by atoms with E-state index in [4.69, 9.17) is 0 Å². The first-order chi connectivity index (χ1) is 6.26. The topological polar surface area (TPSA) is 3.24 Å². The Morgan fingerprint density at radius 3 is 2.46 bits per heavy atom. The Labute approximate surface area is 86.2 Å². The van der Waals surface area contributed by atoms with E-state index in [0.717, 1.165) is 24.5 Å². The van der Waals surface area contributed by atoms with E-state index in [-0.39, 0.29) is 0 Å². The molecule has 0 atom stereocenters. The van der Waals surface area contributed by atoms with E-state index in [9.17, 15) is 0 Å². The third-order valence-corrected chi connectivity index (χ3v) is 2.49. The molecule has 0 aromatic heterocycles. The minimum Gasteiger partial charge on any atom is -0.300 e. The van der Waals surface area contributed by atoms with Gasteiger partial charge in [0, 0.05) is 11.4 Å². The van der Waals surface area contributed by atoms with Crippen LogP contribution in [0.1, 0.15) is 19.4 Å². The van der Waals surface area contributed by atoms with Crippen LogP contribution in [0.4, 0.5) is 0 Å². The average Bonchev–Trinajstić information content (AvgIpc) is 2.14. The average molecular weight is 195 g/mol. The van der Waals surface area contributed by atoms with Crippen molar-refractivity contribution >= 4 is 12.6 Å². The van der Waals surface area contributed by atoms with Gasteiger partial charge in [0.15, 0.2) is 0 Å². The van der Waals surface area contributed by atoms with Crippen molar-refractivity contribution < 1.29 is 0 Å². The molecule has 0 radical (unpaired) electrons. The monoisotopic (exact) mass is 195 g/mol. The Morgan fingerprint density at radius 2 is 1.92 bits per heavy atom. The number of hydrogen-bond acceptors (Lipinski definition) is 2. The Hall–Kier alpha value is -0.470. The second kappa shape index (κ2) is 5.30. The summed E-state index contributed by atoms with van der Waals surface area (Å²) in [6, 6.07) is 8.34. The van der Waals surface area contributed by atoms with Crippen LogP contribution < -0.4 is 0 Å². The first kappa shape index (κ1) is 10.6. The summed E-state index contributed by atoms with van der Waals surface area (Å²) in [6.45, 7) is 7.62. The lowest BCUT2D eigenvalue weighted by Crippen LogP contribution is -2.21. The van der Waals surface area contributed by atoms with Crippen LogP contribution in [0.5, 0.6) is 0 Å². The summed E-state index contributed by atoms with van der Waals surface area (Å²) in [4.78, 5) is 3.44. The lowest BCUT2D eigenvalue weighted by atomic mass is 10.2. The van der Waals surface area contributed by atoms with Gasteiger partial charge >= 0.3 is 0 Å². The quantitative estimate of drug-likeness (QED) is 0.723. The fourth-order valence-corrected chi connectivity index (χ4v) is 1.61. The summed E-state index contributed by atoms with van der Waals surface area (Å²) in [7, 11) is 0. The van der Waals surface area contributed by atoms with E-state index in [0.29, 0.717) is 0 Å². The molecule has 1 nitrogen and oxygen atoms in total. The van der Waals surface area contributed by atoms with Crippen molar-refractivity contribution in [3.8, 4) is 0 Å². The van der Waals surface area contributed by atoms with E-state index in [1.165, 1.54) is 5.56 Å². The molecule has 2 heteroatoms. The molecule has 0 aliphatic heterocycles. The molecule has 0 heterocycles. The largest absolute Gasteiger partial charge is 0.300 e. The first-order valence-electron chi connectivity index (χ1n) is 4.76. The molecule has 1 aromatic carbocycles. The molecule has 1 aromatic rings. The van der Waals surface area contributed by atoms with Gasteiger partial charge in [-0.2, -0.15) is 0 Å². The Balaban J connectivity index is 2.62. The molecule has 0 unspecified atom stereocenters. The fourth-order valence-electron chi connectivity index (χ4n) is 1.36. The summed E-state index contributed by atoms with van der Waals surface area (Å²) in [5.74, 6) is 0. The van der Waals surface area contributed by atoms with Gasteiger partial charge in [-0.1, -0.05) is 26.0 Å². The Morgan fingerprint density at radius 1 is 1.23 bits per heavy atom. The molecule has 0 saturated carbocycles. The van der Waals surface area contributed by atoms with Crippen molar-refractivity contribution in [3.63, 3.8) is 0 Å². The summed E-state index contributed by atoms with van der Waals surface area (Å²) in [5.41, 5.74) is 1.34. The summed E-state index contributed by atoms with van der Waals surface area (Å²) in [6.07, 6.45) is 0. The minimum absolute atomic E-state index is 1.03. The lowest BCUT2D eigenvalue weighted by Gasteiger charge is -2.17. The molecule has 0 bridgehead atoms. The van der Waals surface area contributed by atoms with E-state index >= 15 is 0 Å². The van der Waals surface area contributed by atoms with Crippen LogP contribution in [0.25, 0.3) is 0 Å². The van der Waals surface area contributed by atoms with Crippen LogP contribution >= 0.6 is 12.6 Å². The molecule has 0 amide bonds. The second-order valence-electron chi connectivity index (χ2n) is 3.13. The van der Waals surface area contributed by atoms with E-state index < -0.39 is 0 Å². The third kappa shape index (κ3) is 3.41. The van der Waals surface area contributed by atoms with E-state index in [1.54, 1.807) is 0 Å². The van der Waals surface area contributed by atoms with Gasteiger partial charge in [0.25, 0.3) is 0 Å². The highest BCUT2D eigenvalue weighted by molar-refractivity contribution is 7.80. The molecule has 72 valence electrons. The summed E-state index contributed by atoms with van der Waals surface area (Å²) in [5, 5.41) is 0. The van der Waals surface area contributed by atoms with Crippen molar-refractivity contribution in [2.45, 2.75) is 25.3 Å². The van der Waals surface area contributed by atoms with Crippen molar-refractivity contribution in [1.29, 1.82) is 0 Å². The van der Waals surface area contributed by atoms with Crippen molar-refractivity contribution in [2.24, 2.45) is 0 Å². The SMILES string of the molecule is CCN(CC)Cc1cccc(S)c1. The van der Waals surface area contributed by atoms with Gasteiger partial charge in [0.1, 0.15) is 0 Å². The van der Waals surface area contributed by atoms with Crippen LogP contribution in [0.3, 0.4) is 0 Å². The van der Waals surface area contributed by atoms with E-state index in [1.807, 2.05) is 6.07 Å². The normalized spacial score (nSPS) is 10.8. The zero-order valence-corrected chi connectivity index (χ0v) is 9.22. The Kier molecular flexibility index (Phi) is 4.33. The summed E-state index contributed by atoms with van der Waals surface area (Å²) >= 11 is 4.32. The van der Waals surface area contributed by atoms with Crippen molar-refractivity contribution in [1.82, 2.24) is 4.90 Å². The van der Waals surface area contributed by atoms with Gasteiger partial charge in [-0.15, -0.1) is 12.6 Å². The van der Waals surface area contributed by atoms with Crippen molar-refractivity contribution in [2.75, 3.05) is 13.1 Å². The maximum atomic E-state index is 4.32. The maximum Gasteiger partial charge on any atom is 0.0233 e. The van der Waals surface area contributed by atoms with Gasteiger partial charge in [0.05, 0.1) is 0 Å². The first-order valence-corrected chi connectivity index (χ1v) is 5.21. The van der Waals surface area contributed by atoms with Crippen molar-refractivity contribution in [3.05, 3.63) is 29.8 Å². The van der Waals surface area contributed by atoms with Gasteiger partial charge in [0.2, 0.25) is 0 Å². The lowest BCUT2D eigenvalue weighted by molar-refractivity contribution is 0.295. The highest BCUT2D eigenvalue weighted by Gasteiger charge is 2.00. The minimum atomic E-state index is 1.03. The third-order valence-electron chi connectivity index (χ3n) is 2.21. The Bertz CT molecular complexity index is 256. The molecular weight excluding hydrogens is 178 g/mol. The predicted octanol–water partition coefficient (Wildman–Crippen LogP) is 2.82. The molecule has 0 fully saturated rings. The van der Waals surface area contributed by atoms with Gasteiger partial charge in [-0.05, 0) is 30.8 Å². The molecule has 0 aliphatic carbocycles. The number of benzene rings is 1. The highest BCUT2D eigenvalue weighted by atomic mass is 32.1. The summed E-state index contributed by atoms with van der Waals surface area (Å²) < 4.78 is 0. The smallest absolute Gasteiger partial charge is 0.0233 e. The standard InChI is InChI=1S/C11H17NS/c1-3-12(4-2)9-10-6-5-7-11(13)8-10/h5-8,13H,3-4,9H2,1-2H3. The maximum absolute atomic E-state index is 4.32. The number of rotatable bonds is 4. The number of thiol groups is 1. The van der Waals surface area contributed by atoms with Crippen LogP contribution in [0, 0.1) is 0 Å². The molecular formula is C11H17NS. The van der Waals surface area contributed by atoms with Crippen LogP contribution in [-0.4, -0.2) is 18.0 Å². The van der Waals surface area contributed by atoms with Gasteiger partial charge in [-0.25, -0.2) is 0 Å². The van der Waals surface area contributed by atoms with Gasteiger partial charge in [-0.3, -0.25) is 4.90 Å². The fraction of sp³-hybridized carbons (Fsp3) is 0.455. The highest BCUT2D eigenvalue weighted by Crippen LogP contribution is 2.10. The predicted molar refractivity (Wildman–Crippen MR) is 60.3 cm³/mol. The zero-order valence-electron chi connectivity index (χ0n) is 8.33. The molecule has 0 N–H and O–H groups in total. The van der Waals surface area contributed by atoms with E-state index in [2.05, 4.69) is 49.6 Å². The molecule has 13 heavy (non-hydrogen) atoms. The zero-order chi connectivity index (χ0) is 9.68. The molecule has 0 saturated heterocycles. The number of nitrogens with zero attached hydrogens (tertiary/aromatic N) is 1. The van der Waals surface area contributed by atoms with Gasteiger partial charge < -0.3 is 0 Å². The second-order valence-corrected chi connectivity index (χ2v) is 3.65. The van der Waals surface area contributed by atoms with Crippen LogP contribution in [-0.2, 0) is 6.54 Å². The van der Waals surface area contributed by atoms with Crippen LogP contribution in [0.15, 0.2) is 29.2 Å². The molecule has 0 aliphatic rings. The molecule has 1 rings (SSSR count). The number of hydrogen-bond donors (Lipinski definition) is 1.